The monoisotopic (exact) mass is 472 g/mol. The first-order chi connectivity index (χ1) is 12.5. The van der Waals surface area contributed by atoms with Crippen LogP contribution in [0.2, 0.25) is 0 Å². The van der Waals surface area contributed by atoms with E-state index in [1.54, 1.807) is 30.3 Å². The van der Waals surface area contributed by atoms with Gasteiger partial charge in [0.1, 0.15) is 5.75 Å². The van der Waals surface area contributed by atoms with Crippen LogP contribution in [0.1, 0.15) is 26.3 Å². The third-order valence-corrected chi connectivity index (χ3v) is 5.24. The zero-order valence-corrected chi connectivity index (χ0v) is 16.3. The van der Waals surface area contributed by atoms with Crippen LogP contribution in [0.15, 0.2) is 62.6 Å². The van der Waals surface area contributed by atoms with Crippen molar-refractivity contribution in [3.05, 3.63) is 74.2 Å². The number of halogens is 2. The number of phenols is 1. The molecule has 0 atom stereocenters. The van der Waals surface area contributed by atoms with Gasteiger partial charge in [0.25, 0.3) is 11.8 Å². The molecule has 128 valence electrons. The average Bonchev–Trinajstić information content (AvgIpc) is 2.61. The highest BCUT2D eigenvalue weighted by atomic mass is 79.9. The van der Waals surface area contributed by atoms with Gasteiger partial charge in [0, 0.05) is 14.3 Å². The highest BCUT2D eigenvalue weighted by molar-refractivity contribution is 9.11. The molecule has 0 unspecified atom stereocenters. The summed E-state index contributed by atoms with van der Waals surface area (Å²) in [5.41, 5.74) is 1.22. The van der Waals surface area contributed by atoms with Crippen molar-refractivity contribution in [3.63, 3.8) is 0 Å². The van der Waals surface area contributed by atoms with Crippen LogP contribution in [0.4, 0.5) is 0 Å². The van der Waals surface area contributed by atoms with E-state index >= 15 is 0 Å². The highest BCUT2D eigenvalue weighted by Gasteiger charge is 2.32. The number of carbonyl (C=O) groups excluding carboxylic acids is 2. The molecule has 3 aromatic rings. The maximum absolute atomic E-state index is 12.8. The van der Waals surface area contributed by atoms with Crippen LogP contribution in [0, 0.1) is 0 Å². The molecular formula is C19H10Br2N2O3. The molecular weight excluding hydrogens is 464 g/mol. The van der Waals surface area contributed by atoms with Crippen molar-refractivity contribution < 1.29 is 14.7 Å². The van der Waals surface area contributed by atoms with Crippen molar-refractivity contribution in [1.29, 1.82) is 0 Å². The van der Waals surface area contributed by atoms with Crippen molar-refractivity contribution in [1.82, 2.24) is 5.01 Å². The minimum atomic E-state index is -0.497. The van der Waals surface area contributed by atoms with Gasteiger partial charge in [-0.2, -0.15) is 10.1 Å². The zero-order chi connectivity index (χ0) is 18.4. The summed E-state index contributed by atoms with van der Waals surface area (Å²) in [7, 11) is 0. The van der Waals surface area contributed by atoms with Crippen LogP contribution in [-0.4, -0.2) is 28.1 Å². The Morgan fingerprint density at radius 1 is 0.962 bits per heavy atom. The molecule has 7 heteroatoms. The molecule has 0 saturated heterocycles. The first-order valence-corrected chi connectivity index (χ1v) is 9.18. The number of rotatable bonds is 2. The van der Waals surface area contributed by atoms with Gasteiger partial charge in [-0.15, -0.1) is 0 Å². The Balaban J connectivity index is 1.80. The maximum Gasteiger partial charge on any atom is 0.282 e. The molecule has 4 rings (SSSR count). The van der Waals surface area contributed by atoms with E-state index in [2.05, 4.69) is 37.0 Å². The van der Waals surface area contributed by atoms with Gasteiger partial charge in [-0.25, -0.2) is 0 Å². The number of hydrazone groups is 1. The molecule has 0 fully saturated rings. The average molecular weight is 474 g/mol. The molecule has 26 heavy (non-hydrogen) atoms. The topological polar surface area (TPSA) is 70.0 Å². The highest BCUT2D eigenvalue weighted by Crippen LogP contribution is 2.31. The molecule has 5 nitrogen and oxygen atoms in total. The zero-order valence-electron chi connectivity index (χ0n) is 13.1. The Kier molecular flexibility index (Phi) is 4.13. The van der Waals surface area contributed by atoms with Crippen molar-refractivity contribution in [3.8, 4) is 5.75 Å². The van der Waals surface area contributed by atoms with Crippen LogP contribution >= 0.6 is 31.9 Å². The predicted molar refractivity (Wildman–Crippen MR) is 106 cm³/mol. The van der Waals surface area contributed by atoms with Gasteiger partial charge >= 0.3 is 0 Å². The lowest BCUT2D eigenvalue weighted by molar-refractivity contribution is 0.0616. The number of amides is 2. The van der Waals surface area contributed by atoms with Crippen LogP contribution < -0.4 is 0 Å². The Labute approximate surface area is 165 Å². The number of nitrogens with zero attached hydrogens (tertiary/aromatic N) is 2. The summed E-state index contributed by atoms with van der Waals surface area (Å²) < 4.78 is 1.26. The number of phenolic OH excluding ortho intramolecular Hbond substituents is 1. The Hall–Kier alpha value is -2.51. The fourth-order valence-corrected chi connectivity index (χ4v) is 4.24. The van der Waals surface area contributed by atoms with E-state index in [0.717, 1.165) is 10.4 Å². The summed E-state index contributed by atoms with van der Waals surface area (Å²) in [6.07, 6.45) is 1.29. The summed E-state index contributed by atoms with van der Waals surface area (Å²) >= 11 is 6.61. The molecule has 1 N–H and O–H groups in total. The molecule has 0 saturated carbocycles. The first kappa shape index (κ1) is 16.9. The van der Waals surface area contributed by atoms with Crippen molar-refractivity contribution in [2.45, 2.75) is 0 Å². The largest absolute Gasteiger partial charge is 0.507 e. The summed E-state index contributed by atoms with van der Waals surface area (Å²) in [4.78, 5) is 25.5. The molecule has 0 bridgehead atoms. The second kappa shape index (κ2) is 6.34. The maximum atomic E-state index is 12.8. The normalized spacial score (nSPS) is 13.8. The summed E-state index contributed by atoms with van der Waals surface area (Å²) in [5.74, 6) is -1.03. The SMILES string of the molecule is O=C1c2cccc3cccc(c23)C(=O)N1/N=C/c1c(O)cc(Br)cc1Br. The standard InChI is InChI=1S/C19H10Br2N2O3/c20-11-7-15(21)14(16(24)8-11)9-22-23-18(25)12-5-1-3-10-4-2-6-13(17(10)12)19(23)26/h1-9,24H/b22-9+. The van der Waals surface area contributed by atoms with Crippen molar-refractivity contribution in [2.75, 3.05) is 0 Å². The Morgan fingerprint density at radius 3 is 2.15 bits per heavy atom. The molecule has 1 heterocycles. The summed E-state index contributed by atoms with van der Waals surface area (Å²) in [6, 6.07) is 13.9. The fraction of sp³-hybridized carbons (Fsp3) is 0. The Bertz CT molecular complexity index is 1050. The van der Waals surface area contributed by atoms with E-state index in [1.807, 2.05) is 12.1 Å². The fourth-order valence-electron chi connectivity index (χ4n) is 2.94. The van der Waals surface area contributed by atoms with Gasteiger partial charge in [-0.1, -0.05) is 40.2 Å². The van der Waals surface area contributed by atoms with E-state index < -0.39 is 11.8 Å². The van der Waals surface area contributed by atoms with E-state index in [1.165, 1.54) is 12.3 Å². The number of carbonyl (C=O) groups is 2. The third kappa shape index (κ3) is 2.64. The second-order valence-corrected chi connectivity index (χ2v) is 7.47. The van der Waals surface area contributed by atoms with Gasteiger partial charge < -0.3 is 5.11 Å². The van der Waals surface area contributed by atoms with E-state index in [4.69, 9.17) is 0 Å². The van der Waals surface area contributed by atoms with Crippen LogP contribution in [-0.2, 0) is 0 Å². The molecule has 3 aromatic carbocycles. The number of hydrogen-bond acceptors (Lipinski definition) is 4. The smallest absolute Gasteiger partial charge is 0.282 e. The number of benzene rings is 3. The minimum Gasteiger partial charge on any atom is -0.507 e. The van der Waals surface area contributed by atoms with E-state index in [0.29, 0.717) is 31.0 Å². The first-order valence-electron chi connectivity index (χ1n) is 7.60. The van der Waals surface area contributed by atoms with Gasteiger partial charge in [-0.3, -0.25) is 9.59 Å². The van der Waals surface area contributed by atoms with Crippen LogP contribution in [0.3, 0.4) is 0 Å². The molecule has 0 aromatic heterocycles. The van der Waals surface area contributed by atoms with Gasteiger partial charge in [0.15, 0.2) is 0 Å². The number of hydrogen-bond donors (Lipinski definition) is 1. The molecule has 1 aliphatic heterocycles. The van der Waals surface area contributed by atoms with E-state index in [9.17, 15) is 14.7 Å². The lowest BCUT2D eigenvalue weighted by Crippen LogP contribution is -2.36. The quantitative estimate of drug-likeness (QED) is 0.433. The van der Waals surface area contributed by atoms with Crippen LogP contribution in [0.25, 0.3) is 10.8 Å². The van der Waals surface area contributed by atoms with E-state index in [-0.39, 0.29) is 5.75 Å². The number of aromatic hydroxyl groups is 1. The van der Waals surface area contributed by atoms with Crippen molar-refractivity contribution in [2.24, 2.45) is 5.10 Å². The lowest BCUT2D eigenvalue weighted by Gasteiger charge is -2.23. The third-order valence-electron chi connectivity index (χ3n) is 4.13. The molecule has 0 aliphatic carbocycles. The molecule has 0 spiro atoms. The van der Waals surface area contributed by atoms with Crippen LogP contribution in [0.5, 0.6) is 5.75 Å². The number of imide groups is 1. The van der Waals surface area contributed by atoms with Gasteiger partial charge in [0.05, 0.1) is 22.9 Å². The summed E-state index contributed by atoms with van der Waals surface area (Å²) in [5, 5.41) is 16.4. The molecule has 0 radical (unpaired) electrons. The Morgan fingerprint density at radius 2 is 1.58 bits per heavy atom. The minimum absolute atomic E-state index is 0.0330. The van der Waals surface area contributed by atoms with Gasteiger partial charge in [0.2, 0.25) is 0 Å². The van der Waals surface area contributed by atoms with Crippen molar-refractivity contribution >= 4 is 60.7 Å². The predicted octanol–water partition coefficient (Wildman–Crippen LogP) is 4.70. The summed E-state index contributed by atoms with van der Waals surface area (Å²) in [6.45, 7) is 0. The second-order valence-electron chi connectivity index (χ2n) is 5.70. The van der Waals surface area contributed by atoms with Gasteiger partial charge in [-0.05, 0) is 45.6 Å². The lowest BCUT2D eigenvalue weighted by atomic mass is 9.95. The molecule has 2 amide bonds. The molecule has 1 aliphatic rings.